The molecule has 0 saturated carbocycles. The van der Waals surface area contributed by atoms with Crippen molar-refractivity contribution >= 4 is 28.6 Å². The highest BCUT2D eigenvalue weighted by atomic mass is 32.3. The number of ether oxygens (including phenoxy) is 2. The molecule has 0 aromatic carbocycles. The smallest absolute Gasteiger partial charge is 0.437 e. The number of carbonyl (C=O) groups is 3. The molecular formula is C39H69N7O10S. The zero-order valence-electron chi connectivity index (χ0n) is 36.1. The van der Waals surface area contributed by atoms with E-state index in [1.165, 1.54) is 9.80 Å². The Morgan fingerprint density at radius 1 is 0.825 bits per heavy atom. The zero-order chi connectivity index (χ0) is 42.2. The predicted octanol–water partition coefficient (Wildman–Crippen LogP) is 7.54. The Hall–Kier alpha value is -3.22. The van der Waals surface area contributed by atoms with Crippen LogP contribution in [0.25, 0.3) is 0 Å². The van der Waals surface area contributed by atoms with Gasteiger partial charge in [0.2, 0.25) is 11.8 Å². The maximum atomic E-state index is 13.8. The molecule has 0 unspecified atom stereocenters. The third-order valence-corrected chi connectivity index (χ3v) is 11.2. The number of hydroxylamine groups is 4. The Kier molecular flexibility index (Phi) is 16.1. The minimum Gasteiger partial charge on any atom is -0.444 e. The minimum atomic E-state index is -4.67. The van der Waals surface area contributed by atoms with E-state index in [0.29, 0.717) is 19.4 Å². The van der Waals surface area contributed by atoms with Crippen molar-refractivity contribution in [3.63, 3.8) is 0 Å². The molecule has 0 spiro atoms. The van der Waals surface area contributed by atoms with Crippen LogP contribution in [0.1, 0.15) is 164 Å². The van der Waals surface area contributed by atoms with E-state index in [2.05, 4.69) is 37.9 Å². The van der Waals surface area contributed by atoms with E-state index in [1.54, 1.807) is 51.5 Å². The van der Waals surface area contributed by atoms with Gasteiger partial charge in [-0.15, -0.1) is 14.5 Å². The van der Waals surface area contributed by atoms with Crippen LogP contribution >= 0.6 is 0 Å². The summed E-state index contributed by atoms with van der Waals surface area (Å²) in [5, 5.41) is 11.0. The van der Waals surface area contributed by atoms with Gasteiger partial charge in [0.1, 0.15) is 17.2 Å². The molecule has 2 atom stereocenters. The van der Waals surface area contributed by atoms with E-state index in [1.807, 2.05) is 0 Å². The molecule has 0 radical (unpaired) electrons. The first kappa shape index (κ1) is 46.5. The van der Waals surface area contributed by atoms with Gasteiger partial charge in [-0.2, -0.15) is 22.8 Å². The predicted molar refractivity (Wildman–Crippen MR) is 212 cm³/mol. The molecule has 4 rings (SSSR count). The van der Waals surface area contributed by atoms with Crippen LogP contribution in [0.3, 0.4) is 0 Å². The Morgan fingerprint density at radius 2 is 1.46 bits per heavy atom. The number of amides is 4. The molecule has 57 heavy (non-hydrogen) atoms. The van der Waals surface area contributed by atoms with Crippen LogP contribution in [-0.2, 0) is 34.9 Å². The van der Waals surface area contributed by atoms with Crippen molar-refractivity contribution in [1.82, 2.24) is 35.0 Å². The van der Waals surface area contributed by atoms with Crippen LogP contribution < -0.4 is 0 Å². The van der Waals surface area contributed by atoms with Gasteiger partial charge in [0.25, 0.3) is 0 Å². The summed E-state index contributed by atoms with van der Waals surface area (Å²) in [6.07, 6.45) is 8.82. The van der Waals surface area contributed by atoms with E-state index in [4.69, 9.17) is 22.5 Å². The van der Waals surface area contributed by atoms with Gasteiger partial charge in [0.05, 0.1) is 12.1 Å². The van der Waals surface area contributed by atoms with E-state index < -0.39 is 57.4 Å². The highest BCUT2D eigenvalue weighted by molar-refractivity contribution is 7.81. The maximum absolute atomic E-state index is 13.8. The van der Waals surface area contributed by atoms with Gasteiger partial charge in [-0.25, -0.2) is 14.4 Å². The molecular weight excluding hydrogens is 759 g/mol. The second kappa shape index (κ2) is 19.7. The van der Waals surface area contributed by atoms with Crippen LogP contribution in [0.2, 0.25) is 0 Å². The number of piperidine rings is 1. The SMILES string of the molecule is CCCCN(OS(=O)(=O)ON1C(=O)N2C[C@@H]1CC[C@H]2c1nnc(CCN(C(=O)OC(C)(C)C)C2CN(C(=O)OC(C)(C)C)C2)o1)C(CCC)(CCCC)CCCC. The molecule has 2 bridgehead atoms. The van der Waals surface area contributed by atoms with Gasteiger partial charge in [-0.3, -0.25) is 0 Å². The lowest BCUT2D eigenvalue weighted by molar-refractivity contribution is -0.172. The monoisotopic (exact) mass is 827 g/mol. The number of aromatic nitrogens is 2. The molecule has 18 heteroatoms. The van der Waals surface area contributed by atoms with Crippen LogP contribution in [0.4, 0.5) is 14.4 Å². The average Bonchev–Trinajstić information content (AvgIpc) is 3.66. The van der Waals surface area contributed by atoms with Gasteiger partial charge >= 0.3 is 28.6 Å². The summed E-state index contributed by atoms with van der Waals surface area (Å²) >= 11 is 0. The third kappa shape index (κ3) is 12.6. The lowest BCUT2D eigenvalue weighted by atomic mass is 9.82. The first-order valence-electron chi connectivity index (χ1n) is 21.1. The molecule has 0 N–H and O–H groups in total. The zero-order valence-corrected chi connectivity index (χ0v) is 36.9. The summed E-state index contributed by atoms with van der Waals surface area (Å²) in [4.78, 5) is 44.2. The maximum Gasteiger partial charge on any atom is 0.437 e. The number of urea groups is 1. The lowest BCUT2D eigenvalue weighted by Gasteiger charge is -2.45. The largest absolute Gasteiger partial charge is 0.444 e. The van der Waals surface area contributed by atoms with Crippen LogP contribution in [0.15, 0.2) is 4.42 Å². The number of nitrogens with zero attached hydrogens (tertiary/aromatic N) is 7. The van der Waals surface area contributed by atoms with Crippen molar-refractivity contribution < 1.29 is 45.3 Å². The van der Waals surface area contributed by atoms with E-state index in [0.717, 1.165) is 69.3 Å². The number of hydrogen-bond donors (Lipinski definition) is 0. The highest BCUT2D eigenvalue weighted by Gasteiger charge is 2.50. The summed E-state index contributed by atoms with van der Waals surface area (Å²) < 4.78 is 55.9. The average molecular weight is 828 g/mol. The van der Waals surface area contributed by atoms with Crippen molar-refractivity contribution in [2.75, 3.05) is 32.7 Å². The second-order valence-electron chi connectivity index (χ2n) is 17.7. The van der Waals surface area contributed by atoms with Gasteiger partial charge in [-0.1, -0.05) is 66.2 Å². The van der Waals surface area contributed by atoms with Crippen molar-refractivity contribution in [2.45, 2.75) is 188 Å². The summed E-state index contributed by atoms with van der Waals surface area (Å²) in [7, 11) is -4.67. The van der Waals surface area contributed by atoms with Gasteiger partial charge in [0.15, 0.2) is 0 Å². The number of rotatable bonds is 21. The summed E-state index contributed by atoms with van der Waals surface area (Å²) in [5.41, 5.74) is -1.84. The first-order valence-corrected chi connectivity index (χ1v) is 22.4. The van der Waals surface area contributed by atoms with Crippen molar-refractivity contribution in [1.29, 1.82) is 0 Å². The Bertz CT molecular complexity index is 1580. The fraction of sp³-hybridized carbons (Fsp3) is 0.872. The van der Waals surface area contributed by atoms with Crippen molar-refractivity contribution in [3.05, 3.63) is 11.8 Å². The second-order valence-corrected chi connectivity index (χ2v) is 18.8. The molecule has 1 aromatic heterocycles. The molecule has 3 aliphatic rings. The number of hydrogen-bond acceptors (Lipinski definition) is 13. The van der Waals surface area contributed by atoms with Gasteiger partial charge in [-0.05, 0) is 80.1 Å². The minimum absolute atomic E-state index is 0.184. The Balaban J connectivity index is 1.42. The number of unbranched alkanes of at least 4 members (excludes halogenated alkanes) is 3. The topological polar surface area (TPSA) is 177 Å². The molecule has 326 valence electrons. The van der Waals surface area contributed by atoms with E-state index >= 15 is 0 Å². The lowest BCUT2D eigenvalue weighted by Crippen LogP contribution is -2.63. The quantitative estimate of drug-likeness (QED) is 0.111. The first-order chi connectivity index (χ1) is 26.7. The van der Waals surface area contributed by atoms with E-state index in [9.17, 15) is 22.8 Å². The fourth-order valence-corrected chi connectivity index (χ4v) is 8.54. The van der Waals surface area contributed by atoms with Crippen molar-refractivity contribution in [3.8, 4) is 0 Å². The molecule has 0 aliphatic carbocycles. The molecule has 3 aliphatic heterocycles. The standard InChI is InChI=1S/C39H69N7O10S/c1-11-15-22-39(21-14-4,23-16-12-2)45(24-17-13-3)55-57(50,51)56-46-29-18-19-31(44(28-29)34(46)47)33-41-40-32(52-33)20-25-43(36(49)54-38(8,9)10)30-26-42(27-30)35(48)53-37(5,6)7/h29-31H,11-28H2,1-10H3/t29-,31-/m0/s1. The molecule has 3 saturated heterocycles. The number of likely N-dealkylation sites (tertiary alicyclic amines) is 1. The van der Waals surface area contributed by atoms with Gasteiger partial charge in [0, 0.05) is 44.7 Å². The third-order valence-electron chi connectivity index (χ3n) is 10.5. The molecule has 4 amide bonds. The van der Waals surface area contributed by atoms with Crippen LogP contribution in [0.5, 0.6) is 0 Å². The van der Waals surface area contributed by atoms with Crippen molar-refractivity contribution in [2.24, 2.45) is 0 Å². The summed E-state index contributed by atoms with van der Waals surface area (Å²) in [6.45, 7) is 20.6. The van der Waals surface area contributed by atoms with Crippen LogP contribution in [0, 0.1) is 0 Å². The molecule has 4 heterocycles. The summed E-state index contributed by atoms with van der Waals surface area (Å²) in [6, 6.07) is -2.02. The Morgan fingerprint density at radius 3 is 2.04 bits per heavy atom. The number of fused-ring (bicyclic) bond motifs is 2. The Labute approximate surface area is 340 Å². The van der Waals surface area contributed by atoms with E-state index in [-0.39, 0.29) is 50.4 Å². The normalized spacial score (nSPS) is 19.4. The van der Waals surface area contributed by atoms with Gasteiger partial charge < -0.3 is 28.6 Å². The fourth-order valence-electron chi connectivity index (χ4n) is 7.68. The molecule has 3 fully saturated rings. The van der Waals surface area contributed by atoms with Crippen LogP contribution in [-0.4, -0.2) is 123 Å². The highest BCUT2D eigenvalue weighted by Crippen LogP contribution is 2.40. The molecule has 17 nitrogen and oxygen atoms in total. The number of carbonyl (C=O) groups excluding carboxylic acids is 3. The summed E-state index contributed by atoms with van der Waals surface area (Å²) in [5.74, 6) is 0.469. The molecule has 1 aromatic rings.